The van der Waals surface area contributed by atoms with E-state index < -0.39 is 11.8 Å². The highest BCUT2D eigenvalue weighted by Gasteiger charge is 2.16. The maximum absolute atomic E-state index is 13.0. The molecule has 1 heterocycles. The summed E-state index contributed by atoms with van der Waals surface area (Å²) in [6.45, 7) is 0. The molecule has 0 spiro atoms. The van der Waals surface area contributed by atoms with Crippen LogP contribution in [-0.2, 0) is 4.74 Å². The average molecular weight is 255 g/mol. The predicted molar refractivity (Wildman–Crippen MR) is 59.9 cm³/mol. The van der Waals surface area contributed by atoms with Gasteiger partial charge in [0.05, 0.1) is 24.0 Å². The van der Waals surface area contributed by atoms with E-state index >= 15 is 0 Å². The van der Waals surface area contributed by atoms with Crippen molar-refractivity contribution >= 4 is 17.6 Å². The third-order valence-corrected chi connectivity index (χ3v) is 2.40. The molecule has 0 aliphatic heterocycles. The van der Waals surface area contributed by atoms with Crippen LogP contribution in [0.25, 0.3) is 5.69 Å². The average Bonchev–Trinajstić information content (AvgIpc) is 2.70. The van der Waals surface area contributed by atoms with Crippen molar-refractivity contribution in [1.29, 1.82) is 0 Å². The molecule has 0 atom stereocenters. The van der Waals surface area contributed by atoms with Crippen molar-refractivity contribution in [2.24, 2.45) is 0 Å². The van der Waals surface area contributed by atoms with E-state index in [0.29, 0.717) is 5.69 Å². The van der Waals surface area contributed by atoms with Gasteiger partial charge < -0.3 is 4.74 Å². The van der Waals surface area contributed by atoms with Gasteiger partial charge >= 0.3 is 5.97 Å². The van der Waals surface area contributed by atoms with Crippen molar-refractivity contribution in [2.75, 3.05) is 7.11 Å². The standard InChI is InChI=1S/C11H8ClFN2O2/c1-17-11(16)10-9(12)6-15(14-10)8-4-2-3-7(13)5-8/h2-6H,1H3. The molecule has 0 fully saturated rings. The normalized spacial score (nSPS) is 10.3. The number of hydrogen-bond acceptors (Lipinski definition) is 3. The van der Waals surface area contributed by atoms with Crippen LogP contribution in [0.2, 0.25) is 5.02 Å². The van der Waals surface area contributed by atoms with Gasteiger partial charge in [0.1, 0.15) is 5.82 Å². The Hall–Kier alpha value is -1.88. The fraction of sp³-hybridized carbons (Fsp3) is 0.0909. The highest BCUT2D eigenvalue weighted by Crippen LogP contribution is 2.18. The van der Waals surface area contributed by atoms with Gasteiger partial charge in [0.15, 0.2) is 5.69 Å². The minimum absolute atomic E-state index is 0.00146. The summed E-state index contributed by atoms with van der Waals surface area (Å²) in [5.74, 6) is -1.03. The first-order chi connectivity index (χ1) is 8.11. The fourth-order valence-electron chi connectivity index (χ4n) is 1.34. The lowest BCUT2D eigenvalue weighted by atomic mass is 10.3. The second-order valence-electron chi connectivity index (χ2n) is 3.24. The lowest BCUT2D eigenvalue weighted by Crippen LogP contribution is -2.04. The first kappa shape index (κ1) is 11.6. The number of carbonyl (C=O) groups excluding carboxylic acids is 1. The molecule has 88 valence electrons. The molecular weight excluding hydrogens is 247 g/mol. The van der Waals surface area contributed by atoms with E-state index in [0.717, 1.165) is 0 Å². The van der Waals surface area contributed by atoms with E-state index in [-0.39, 0.29) is 10.7 Å². The summed E-state index contributed by atoms with van der Waals surface area (Å²) in [4.78, 5) is 11.3. The van der Waals surface area contributed by atoms with Gasteiger partial charge in [-0.15, -0.1) is 0 Å². The molecule has 17 heavy (non-hydrogen) atoms. The Balaban J connectivity index is 2.44. The minimum atomic E-state index is -0.634. The summed E-state index contributed by atoms with van der Waals surface area (Å²) in [5.41, 5.74) is 0.473. The molecule has 0 radical (unpaired) electrons. The summed E-state index contributed by atoms with van der Waals surface area (Å²) in [6.07, 6.45) is 1.42. The summed E-state index contributed by atoms with van der Waals surface area (Å²) in [6, 6.07) is 5.78. The molecule has 4 nitrogen and oxygen atoms in total. The van der Waals surface area contributed by atoms with Crippen molar-refractivity contribution < 1.29 is 13.9 Å². The molecule has 6 heteroatoms. The van der Waals surface area contributed by atoms with Crippen LogP contribution in [0.3, 0.4) is 0 Å². The van der Waals surface area contributed by atoms with Gasteiger partial charge in [0.2, 0.25) is 0 Å². The molecule has 0 bridgehead atoms. The van der Waals surface area contributed by atoms with Gasteiger partial charge in [-0.2, -0.15) is 5.10 Å². The van der Waals surface area contributed by atoms with Gasteiger partial charge in [-0.1, -0.05) is 17.7 Å². The second kappa shape index (κ2) is 4.55. The number of aromatic nitrogens is 2. The molecule has 0 unspecified atom stereocenters. The SMILES string of the molecule is COC(=O)c1nn(-c2cccc(F)c2)cc1Cl. The number of halogens is 2. The van der Waals surface area contributed by atoms with Crippen molar-refractivity contribution in [1.82, 2.24) is 9.78 Å². The highest BCUT2D eigenvalue weighted by molar-refractivity contribution is 6.33. The zero-order valence-electron chi connectivity index (χ0n) is 8.85. The van der Waals surface area contributed by atoms with Crippen LogP contribution in [0.1, 0.15) is 10.5 Å². The van der Waals surface area contributed by atoms with Crippen LogP contribution in [-0.4, -0.2) is 22.9 Å². The number of carbonyl (C=O) groups is 1. The lowest BCUT2D eigenvalue weighted by molar-refractivity contribution is 0.0593. The topological polar surface area (TPSA) is 44.1 Å². The van der Waals surface area contributed by atoms with E-state index in [1.54, 1.807) is 6.07 Å². The predicted octanol–water partition coefficient (Wildman–Crippen LogP) is 2.45. The van der Waals surface area contributed by atoms with E-state index in [2.05, 4.69) is 9.84 Å². The summed E-state index contributed by atoms with van der Waals surface area (Å²) in [5, 5.41) is 4.09. The number of rotatable bonds is 2. The molecule has 2 aromatic rings. The number of esters is 1. The summed E-state index contributed by atoms with van der Waals surface area (Å²) in [7, 11) is 1.24. The molecule has 1 aromatic heterocycles. The van der Waals surface area contributed by atoms with E-state index in [4.69, 9.17) is 11.6 Å². The van der Waals surface area contributed by atoms with Gasteiger partial charge in [0, 0.05) is 0 Å². The maximum Gasteiger partial charge on any atom is 0.360 e. The number of benzene rings is 1. The van der Waals surface area contributed by atoms with Crippen molar-refractivity contribution in [3.8, 4) is 5.69 Å². The minimum Gasteiger partial charge on any atom is -0.464 e. The van der Waals surface area contributed by atoms with Gasteiger partial charge in [-0.05, 0) is 18.2 Å². The van der Waals surface area contributed by atoms with Gasteiger partial charge in [-0.3, -0.25) is 0 Å². The van der Waals surface area contributed by atoms with E-state index in [9.17, 15) is 9.18 Å². The number of methoxy groups -OCH3 is 1. The largest absolute Gasteiger partial charge is 0.464 e. The summed E-state index contributed by atoms with van der Waals surface area (Å²) < 4.78 is 18.9. The van der Waals surface area contributed by atoms with Crippen LogP contribution in [0.4, 0.5) is 4.39 Å². The molecule has 1 aromatic carbocycles. The molecular formula is C11H8ClFN2O2. The van der Waals surface area contributed by atoms with Crippen LogP contribution in [0.15, 0.2) is 30.5 Å². The van der Waals surface area contributed by atoms with Crippen LogP contribution >= 0.6 is 11.6 Å². The number of hydrogen-bond donors (Lipinski definition) is 0. The Morgan fingerprint density at radius 2 is 2.29 bits per heavy atom. The Morgan fingerprint density at radius 1 is 1.53 bits per heavy atom. The van der Waals surface area contributed by atoms with Crippen LogP contribution in [0.5, 0.6) is 0 Å². The van der Waals surface area contributed by atoms with Crippen molar-refractivity contribution in [3.05, 3.63) is 47.0 Å². The van der Waals surface area contributed by atoms with E-state index in [1.165, 1.54) is 36.2 Å². The molecule has 0 N–H and O–H groups in total. The smallest absolute Gasteiger partial charge is 0.360 e. The first-order valence-corrected chi connectivity index (χ1v) is 5.09. The number of ether oxygens (including phenoxy) is 1. The molecule has 0 saturated heterocycles. The van der Waals surface area contributed by atoms with Gasteiger partial charge in [0.25, 0.3) is 0 Å². The molecule has 0 saturated carbocycles. The van der Waals surface area contributed by atoms with Crippen molar-refractivity contribution in [3.63, 3.8) is 0 Å². The molecule has 2 rings (SSSR count). The zero-order chi connectivity index (χ0) is 12.4. The van der Waals surface area contributed by atoms with Crippen LogP contribution < -0.4 is 0 Å². The van der Waals surface area contributed by atoms with Crippen LogP contribution in [0, 0.1) is 5.82 Å². The summed E-state index contributed by atoms with van der Waals surface area (Å²) >= 11 is 5.83. The third kappa shape index (κ3) is 2.29. The monoisotopic (exact) mass is 254 g/mol. The first-order valence-electron chi connectivity index (χ1n) is 4.71. The Labute approximate surface area is 102 Å². The van der Waals surface area contributed by atoms with Gasteiger partial charge in [-0.25, -0.2) is 13.9 Å². The maximum atomic E-state index is 13.0. The number of nitrogens with zero attached hydrogens (tertiary/aromatic N) is 2. The van der Waals surface area contributed by atoms with Crippen molar-refractivity contribution in [2.45, 2.75) is 0 Å². The Morgan fingerprint density at radius 3 is 2.94 bits per heavy atom. The lowest BCUT2D eigenvalue weighted by Gasteiger charge is -2.00. The molecule has 0 aliphatic rings. The third-order valence-electron chi connectivity index (χ3n) is 2.12. The molecule has 0 aliphatic carbocycles. The highest BCUT2D eigenvalue weighted by atomic mass is 35.5. The second-order valence-corrected chi connectivity index (χ2v) is 3.65. The Bertz CT molecular complexity index is 568. The fourth-order valence-corrected chi connectivity index (χ4v) is 1.55. The zero-order valence-corrected chi connectivity index (χ0v) is 9.61. The quantitative estimate of drug-likeness (QED) is 0.773. The Kier molecular flexibility index (Phi) is 3.10. The molecule has 0 amide bonds. The van der Waals surface area contributed by atoms with E-state index in [1.807, 2.05) is 0 Å².